The van der Waals surface area contributed by atoms with Crippen molar-refractivity contribution < 1.29 is 0 Å². The first-order valence-electron chi connectivity index (χ1n) is 8.33. The topological polar surface area (TPSA) is 48.4 Å². The van der Waals surface area contributed by atoms with Crippen molar-refractivity contribution in [2.45, 2.75) is 13.0 Å². The van der Waals surface area contributed by atoms with Crippen molar-refractivity contribution in [2.24, 2.45) is 0 Å². The smallest absolute Gasteiger partial charge is 0.136 e. The van der Waals surface area contributed by atoms with E-state index in [-0.39, 0.29) is 0 Å². The van der Waals surface area contributed by atoms with Gasteiger partial charge in [0.25, 0.3) is 0 Å². The van der Waals surface area contributed by atoms with Gasteiger partial charge in [0.15, 0.2) is 0 Å². The van der Waals surface area contributed by atoms with Gasteiger partial charge in [-0.15, -0.1) is 0 Å². The van der Waals surface area contributed by atoms with Crippen LogP contribution in [-0.4, -0.2) is 59.6 Å². The Balaban J connectivity index is 1.49. The Morgan fingerprint density at radius 2 is 1.75 bits per heavy atom. The molecule has 6 nitrogen and oxygen atoms in total. The summed E-state index contributed by atoms with van der Waals surface area (Å²) >= 11 is 5.93. The number of rotatable bonds is 2. The number of hydrogen-bond acceptors (Lipinski definition) is 6. The second-order valence-electron chi connectivity index (χ2n) is 6.42. The van der Waals surface area contributed by atoms with Crippen molar-refractivity contribution in [1.29, 1.82) is 0 Å². The molecule has 126 valence electrons. The fourth-order valence-electron chi connectivity index (χ4n) is 3.44. The molecule has 0 N–H and O–H groups in total. The maximum Gasteiger partial charge on any atom is 0.136 e. The van der Waals surface area contributed by atoms with Crippen LogP contribution < -0.4 is 9.80 Å². The third kappa shape index (κ3) is 3.03. The zero-order chi connectivity index (χ0) is 16.5. The van der Waals surface area contributed by atoms with Crippen molar-refractivity contribution in [3.8, 4) is 0 Å². The van der Waals surface area contributed by atoms with E-state index < -0.39 is 0 Å². The molecular weight excluding hydrogens is 324 g/mol. The van der Waals surface area contributed by atoms with Crippen LogP contribution in [0.2, 0.25) is 5.02 Å². The molecule has 0 aromatic carbocycles. The van der Waals surface area contributed by atoms with E-state index >= 15 is 0 Å². The summed E-state index contributed by atoms with van der Waals surface area (Å²) in [7, 11) is 2.16. The predicted molar refractivity (Wildman–Crippen MR) is 95.7 cm³/mol. The van der Waals surface area contributed by atoms with Gasteiger partial charge in [-0.1, -0.05) is 11.6 Å². The van der Waals surface area contributed by atoms with Gasteiger partial charge in [0.1, 0.15) is 18.0 Å². The third-order valence-electron chi connectivity index (χ3n) is 4.79. The molecule has 0 bridgehead atoms. The van der Waals surface area contributed by atoms with Gasteiger partial charge >= 0.3 is 0 Å². The SMILES string of the molecule is CN1CCc2ncnc(N3CCN(c4ccc(Cl)cn4)CC3)c2C1. The van der Waals surface area contributed by atoms with Gasteiger partial charge in [0.05, 0.1) is 10.7 Å². The molecule has 0 spiro atoms. The van der Waals surface area contributed by atoms with Crippen molar-refractivity contribution in [1.82, 2.24) is 19.9 Å². The standard InChI is InChI=1S/C17H21ClN6/c1-22-5-4-15-14(11-22)17(21-12-20-15)24-8-6-23(7-9-24)16-3-2-13(18)10-19-16/h2-3,10,12H,4-9,11H2,1H3. The number of pyridine rings is 1. The van der Waals surface area contributed by atoms with Crippen molar-refractivity contribution in [3.05, 3.63) is 40.9 Å². The van der Waals surface area contributed by atoms with E-state index in [1.165, 1.54) is 11.3 Å². The maximum absolute atomic E-state index is 5.93. The van der Waals surface area contributed by atoms with Gasteiger partial charge in [-0.3, -0.25) is 0 Å². The van der Waals surface area contributed by atoms with Crippen LogP contribution in [-0.2, 0) is 13.0 Å². The van der Waals surface area contributed by atoms with Crippen LogP contribution in [0.4, 0.5) is 11.6 Å². The average molecular weight is 345 g/mol. The maximum atomic E-state index is 5.93. The van der Waals surface area contributed by atoms with Gasteiger partial charge in [0.2, 0.25) is 0 Å². The first-order valence-corrected chi connectivity index (χ1v) is 8.71. The van der Waals surface area contributed by atoms with Crippen LogP contribution in [0.3, 0.4) is 0 Å². The second-order valence-corrected chi connectivity index (χ2v) is 6.86. The summed E-state index contributed by atoms with van der Waals surface area (Å²) in [5, 5.41) is 0.675. The number of piperazine rings is 1. The molecule has 0 radical (unpaired) electrons. The van der Waals surface area contributed by atoms with Gasteiger partial charge < -0.3 is 14.7 Å². The van der Waals surface area contributed by atoms with E-state index in [2.05, 4.69) is 36.7 Å². The van der Waals surface area contributed by atoms with Crippen LogP contribution in [0.1, 0.15) is 11.3 Å². The molecular formula is C17H21ClN6. The molecule has 24 heavy (non-hydrogen) atoms. The minimum Gasteiger partial charge on any atom is -0.353 e. The minimum atomic E-state index is 0.675. The first-order chi connectivity index (χ1) is 11.7. The first kappa shape index (κ1) is 15.6. The zero-order valence-corrected chi connectivity index (χ0v) is 14.6. The van der Waals surface area contributed by atoms with Crippen LogP contribution in [0.15, 0.2) is 24.7 Å². The van der Waals surface area contributed by atoms with E-state index in [4.69, 9.17) is 11.6 Å². The van der Waals surface area contributed by atoms with Crippen LogP contribution >= 0.6 is 11.6 Å². The monoisotopic (exact) mass is 344 g/mol. The van der Waals surface area contributed by atoms with E-state index in [1.54, 1.807) is 12.5 Å². The molecule has 2 aliphatic rings. The lowest BCUT2D eigenvalue weighted by atomic mass is 10.1. The molecule has 0 atom stereocenters. The highest BCUT2D eigenvalue weighted by atomic mass is 35.5. The molecule has 2 aromatic rings. The van der Waals surface area contributed by atoms with E-state index in [1.807, 2.05) is 12.1 Å². The molecule has 1 saturated heterocycles. The van der Waals surface area contributed by atoms with Crippen molar-refractivity contribution in [2.75, 3.05) is 49.6 Å². The second kappa shape index (κ2) is 6.53. The summed E-state index contributed by atoms with van der Waals surface area (Å²) in [4.78, 5) is 20.5. The number of anilines is 2. The van der Waals surface area contributed by atoms with Gasteiger partial charge in [-0.2, -0.15) is 0 Å². The van der Waals surface area contributed by atoms with Crippen LogP contribution in [0.5, 0.6) is 0 Å². The number of fused-ring (bicyclic) bond motifs is 1. The summed E-state index contributed by atoms with van der Waals surface area (Å²) < 4.78 is 0. The number of halogens is 1. The largest absolute Gasteiger partial charge is 0.353 e. The molecule has 0 saturated carbocycles. The Morgan fingerprint density at radius 3 is 2.50 bits per heavy atom. The highest BCUT2D eigenvalue weighted by Crippen LogP contribution is 2.26. The molecule has 0 amide bonds. The molecule has 1 fully saturated rings. The normalized spacial score (nSPS) is 18.6. The quantitative estimate of drug-likeness (QED) is 0.828. The van der Waals surface area contributed by atoms with Crippen molar-refractivity contribution >= 4 is 23.2 Å². The fraction of sp³-hybridized carbons (Fsp3) is 0.471. The molecule has 4 heterocycles. The molecule has 7 heteroatoms. The highest BCUT2D eigenvalue weighted by Gasteiger charge is 2.25. The lowest BCUT2D eigenvalue weighted by Gasteiger charge is -2.38. The number of nitrogens with zero attached hydrogens (tertiary/aromatic N) is 6. The Hall–Kier alpha value is -1.92. The number of hydrogen-bond donors (Lipinski definition) is 0. The van der Waals surface area contributed by atoms with Crippen LogP contribution in [0, 0.1) is 0 Å². The Morgan fingerprint density at radius 1 is 0.958 bits per heavy atom. The lowest BCUT2D eigenvalue weighted by Crippen LogP contribution is -2.47. The summed E-state index contributed by atoms with van der Waals surface area (Å²) in [5.41, 5.74) is 2.50. The summed E-state index contributed by atoms with van der Waals surface area (Å²) in [5.74, 6) is 2.10. The number of likely N-dealkylation sites (N-methyl/N-ethyl adjacent to an activating group) is 1. The van der Waals surface area contributed by atoms with Gasteiger partial charge in [-0.25, -0.2) is 15.0 Å². The molecule has 4 rings (SSSR count). The molecule has 2 aromatic heterocycles. The Bertz CT molecular complexity index is 712. The average Bonchev–Trinajstić information content (AvgIpc) is 2.62. The van der Waals surface area contributed by atoms with Crippen LogP contribution in [0.25, 0.3) is 0 Å². The Labute approximate surface area is 147 Å². The van der Waals surface area contributed by atoms with Crippen molar-refractivity contribution in [3.63, 3.8) is 0 Å². The number of aromatic nitrogens is 3. The zero-order valence-electron chi connectivity index (χ0n) is 13.8. The molecule has 0 aliphatic carbocycles. The van der Waals surface area contributed by atoms with Gasteiger partial charge in [0, 0.05) is 57.4 Å². The molecule has 2 aliphatic heterocycles. The lowest BCUT2D eigenvalue weighted by molar-refractivity contribution is 0.309. The predicted octanol–water partition coefficient (Wildman–Crippen LogP) is 1.84. The highest BCUT2D eigenvalue weighted by molar-refractivity contribution is 6.30. The van der Waals surface area contributed by atoms with E-state index in [0.29, 0.717) is 5.02 Å². The van der Waals surface area contributed by atoms with E-state index in [9.17, 15) is 0 Å². The summed E-state index contributed by atoms with van der Waals surface area (Å²) in [6.45, 7) is 5.76. The fourth-order valence-corrected chi connectivity index (χ4v) is 3.55. The van der Waals surface area contributed by atoms with Gasteiger partial charge in [-0.05, 0) is 19.2 Å². The Kier molecular flexibility index (Phi) is 4.24. The minimum absolute atomic E-state index is 0.675. The molecule has 0 unspecified atom stereocenters. The third-order valence-corrected chi connectivity index (χ3v) is 5.01. The summed E-state index contributed by atoms with van der Waals surface area (Å²) in [6.07, 6.45) is 4.43. The summed E-state index contributed by atoms with van der Waals surface area (Å²) in [6, 6.07) is 3.88. The van der Waals surface area contributed by atoms with E-state index in [0.717, 1.165) is 57.3 Å².